The molecule has 0 spiro atoms. The fraction of sp³-hybridized carbons (Fsp3) is 0.571. The first-order valence-corrected chi connectivity index (χ1v) is 6.40. The van der Waals surface area contributed by atoms with Gasteiger partial charge in [-0.15, -0.1) is 0 Å². The number of piperazine rings is 1. The number of nitrogens with zero attached hydrogens (tertiary/aromatic N) is 2. The van der Waals surface area contributed by atoms with Crippen molar-refractivity contribution in [2.75, 3.05) is 39.8 Å². The van der Waals surface area contributed by atoms with Gasteiger partial charge in [-0.05, 0) is 25.1 Å². The summed E-state index contributed by atoms with van der Waals surface area (Å²) in [5, 5.41) is 0. The van der Waals surface area contributed by atoms with E-state index >= 15 is 0 Å². The van der Waals surface area contributed by atoms with Crippen LogP contribution in [0.3, 0.4) is 0 Å². The predicted molar refractivity (Wildman–Crippen MR) is 72.0 cm³/mol. The molecule has 94 valence electrons. The number of hydrogen-bond acceptors (Lipinski definition) is 3. The number of rotatable bonds is 3. The molecule has 1 atom stereocenters. The molecule has 2 N–H and O–H groups in total. The lowest BCUT2D eigenvalue weighted by molar-refractivity contribution is 0.114. The van der Waals surface area contributed by atoms with E-state index in [-0.39, 0.29) is 0 Å². The van der Waals surface area contributed by atoms with Crippen LogP contribution in [0.2, 0.25) is 0 Å². The Labute approximate surface area is 104 Å². The number of hydrogen-bond donors (Lipinski definition) is 1. The molecule has 0 saturated carbocycles. The Balaban J connectivity index is 2.14. The molecule has 3 heteroatoms. The Morgan fingerprint density at radius 1 is 1.18 bits per heavy atom. The standard InChI is InChI=1S/C14H23N3/c1-12-5-3-4-6-13(12)14(11-15)17-9-7-16(2)8-10-17/h3-6,14H,7-11,15H2,1-2H3. The SMILES string of the molecule is Cc1ccccc1C(CN)N1CCN(C)CC1. The summed E-state index contributed by atoms with van der Waals surface area (Å²) in [6, 6.07) is 8.97. The van der Waals surface area contributed by atoms with Crippen LogP contribution in [0.25, 0.3) is 0 Å². The van der Waals surface area contributed by atoms with E-state index in [0.29, 0.717) is 12.6 Å². The number of benzene rings is 1. The summed E-state index contributed by atoms with van der Waals surface area (Å²) >= 11 is 0. The van der Waals surface area contributed by atoms with Gasteiger partial charge >= 0.3 is 0 Å². The van der Waals surface area contributed by atoms with Gasteiger partial charge in [0.2, 0.25) is 0 Å². The highest BCUT2D eigenvalue weighted by molar-refractivity contribution is 5.29. The topological polar surface area (TPSA) is 32.5 Å². The van der Waals surface area contributed by atoms with Crippen LogP contribution in [0.1, 0.15) is 17.2 Å². The quantitative estimate of drug-likeness (QED) is 0.852. The molecule has 0 radical (unpaired) electrons. The third-order valence-corrected chi connectivity index (χ3v) is 3.75. The molecule has 0 aliphatic carbocycles. The third kappa shape index (κ3) is 2.86. The molecule has 1 aromatic carbocycles. The average molecular weight is 233 g/mol. The van der Waals surface area contributed by atoms with E-state index in [4.69, 9.17) is 5.73 Å². The first-order valence-electron chi connectivity index (χ1n) is 6.40. The van der Waals surface area contributed by atoms with Gasteiger partial charge in [-0.25, -0.2) is 0 Å². The largest absolute Gasteiger partial charge is 0.329 e. The molecule has 1 fully saturated rings. The fourth-order valence-corrected chi connectivity index (χ4v) is 2.57. The molecule has 2 rings (SSSR count). The second-order valence-electron chi connectivity index (χ2n) is 4.95. The molecule has 1 heterocycles. The zero-order valence-electron chi connectivity index (χ0n) is 10.9. The Morgan fingerprint density at radius 2 is 1.82 bits per heavy atom. The third-order valence-electron chi connectivity index (χ3n) is 3.75. The molecule has 0 aromatic heterocycles. The van der Waals surface area contributed by atoms with Gasteiger partial charge in [0, 0.05) is 38.8 Å². The van der Waals surface area contributed by atoms with Crippen molar-refractivity contribution >= 4 is 0 Å². The first-order chi connectivity index (χ1) is 8.22. The predicted octanol–water partition coefficient (Wildman–Crippen LogP) is 1.24. The number of aryl methyl sites for hydroxylation is 1. The monoisotopic (exact) mass is 233 g/mol. The highest BCUT2D eigenvalue weighted by Crippen LogP contribution is 2.23. The summed E-state index contributed by atoms with van der Waals surface area (Å²) in [7, 11) is 2.18. The fourth-order valence-electron chi connectivity index (χ4n) is 2.57. The van der Waals surface area contributed by atoms with Gasteiger partial charge < -0.3 is 10.6 Å². The van der Waals surface area contributed by atoms with Crippen LogP contribution in [-0.2, 0) is 0 Å². The minimum absolute atomic E-state index is 0.380. The molecule has 1 aliphatic rings. The lowest BCUT2D eigenvalue weighted by atomic mass is 9.99. The minimum atomic E-state index is 0.380. The van der Waals surface area contributed by atoms with Crippen LogP contribution in [-0.4, -0.2) is 49.6 Å². The molecule has 3 nitrogen and oxygen atoms in total. The Morgan fingerprint density at radius 3 is 2.41 bits per heavy atom. The van der Waals surface area contributed by atoms with Gasteiger partial charge in [0.05, 0.1) is 0 Å². The summed E-state index contributed by atoms with van der Waals surface area (Å²) in [4.78, 5) is 4.89. The van der Waals surface area contributed by atoms with Crippen molar-refractivity contribution in [3.05, 3.63) is 35.4 Å². The normalized spacial score (nSPS) is 20.4. The van der Waals surface area contributed by atoms with Gasteiger partial charge in [0.1, 0.15) is 0 Å². The Bertz CT molecular complexity index is 356. The Kier molecular flexibility index (Phi) is 4.15. The average Bonchev–Trinajstić information content (AvgIpc) is 2.35. The molecular formula is C14H23N3. The molecule has 1 aromatic rings. The minimum Gasteiger partial charge on any atom is -0.329 e. The maximum Gasteiger partial charge on any atom is 0.0474 e. The van der Waals surface area contributed by atoms with Gasteiger partial charge in [0.25, 0.3) is 0 Å². The van der Waals surface area contributed by atoms with E-state index in [1.165, 1.54) is 11.1 Å². The van der Waals surface area contributed by atoms with E-state index in [0.717, 1.165) is 26.2 Å². The van der Waals surface area contributed by atoms with Crippen LogP contribution in [0.15, 0.2) is 24.3 Å². The van der Waals surface area contributed by atoms with Crippen LogP contribution >= 0.6 is 0 Å². The molecular weight excluding hydrogens is 210 g/mol. The van der Waals surface area contributed by atoms with Crippen molar-refractivity contribution in [2.45, 2.75) is 13.0 Å². The second-order valence-corrected chi connectivity index (χ2v) is 4.95. The zero-order chi connectivity index (χ0) is 12.3. The van der Waals surface area contributed by atoms with Crippen LogP contribution in [0.4, 0.5) is 0 Å². The summed E-state index contributed by atoms with van der Waals surface area (Å²) in [5.74, 6) is 0. The lowest BCUT2D eigenvalue weighted by Crippen LogP contribution is -2.47. The zero-order valence-corrected chi connectivity index (χ0v) is 10.9. The van der Waals surface area contributed by atoms with E-state index in [2.05, 4.69) is 48.0 Å². The number of likely N-dealkylation sites (N-methyl/N-ethyl adjacent to an activating group) is 1. The molecule has 1 aliphatic heterocycles. The van der Waals surface area contributed by atoms with Crippen LogP contribution in [0.5, 0.6) is 0 Å². The van der Waals surface area contributed by atoms with Crippen molar-refractivity contribution in [3.8, 4) is 0 Å². The number of nitrogens with two attached hydrogens (primary N) is 1. The molecule has 1 saturated heterocycles. The van der Waals surface area contributed by atoms with Crippen molar-refractivity contribution in [1.82, 2.24) is 9.80 Å². The van der Waals surface area contributed by atoms with Crippen molar-refractivity contribution < 1.29 is 0 Å². The van der Waals surface area contributed by atoms with Gasteiger partial charge in [0.15, 0.2) is 0 Å². The lowest BCUT2D eigenvalue weighted by Gasteiger charge is -2.38. The summed E-state index contributed by atoms with van der Waals surface area (Å²) in [5.41, 5.74) is 8.72. The summed E-state index contributed by atoms with van der Waals surface area (Å²) in [6.45, 7) is 7.40. The van der Waals surface area contributed by atoms with E-state index in [1.807, 2.05) is 0 Å². The Hall–Kier alpha value is -0.900. The molecule has 0 bridgehead atoms. The van der Waals surface area contributed by atoms with E-state index < -0.39 is 0 Å². The van der Waals surface area contributed by atoms with Gasteiger partial charge in [-0.2, -0.15) is 0 Å². The maximum absolute atomic E-state index is 5.98. The van der Waals surface area contributed by atoms with Crippen LogP contribution < -0.4 is 5.73 Å². The summed E-state index contributed by atoms with van der Waals surface area (Å²) in [6.07, 6.45) is 0. The summed E-state index contributed by atoms with van der Waals surface area (Å²) < 4.78 is 0. The molecule has 0 amide bonds. The highest BCUT2D eigenvalue weighted by Gasteiger charge is 2.23. The van der Waals surface area contributed by atoms with Crippen molar-refractivity contribution in [1.29, 1.82) is 0 Å². The van der Waals surface area contributed by atoms with Crippen LogP contribution in [0, 0.1) is 6.92 Å². The second kappa shape index (κ2) is 5.63. The molecule has 17 heavy (non-hydrogen) atoms. The van der Waals surface area contributed by atoms with Crippen molar-refractivity contribution in [3.63, 3.8) is 0 Å². The smallest absolute Gasteiger partial charge is 0.0474 e. The van der Waals surface area contributed by atoms with E-state index in [1.54, 1.807) is 0 Å². The maximum atomic E-state index is 5.98. The highest BCUT2D eigenvalue weighted by atomic mass is 15.3. The first kappa shape index (κ1) is 12.6. The van der Waals surface area contributed by atoms with E-state index in [9.17, 15) is 0 Å². The van der Waals surface area contributed by atoms with Gasteiger partial charge in [-0.3, -0.25) is 4.90 Å². The van der Waals surface area contributed by atoms with Crippen molar-refractivity contribution in [2.24, 2.45) is 5.73 Å². The molecule has 1 unspecified atom stereocenters. The van der Waals surface area contributed by atoms with Gasteiger partial charge in [-0.1, -0.05) is 24.3 Å².